The number of fused-ring (bicyclic) bond motifs is 5. The van der Waals surface area contributed by atoms with Crippen molar-refractivity contribution in [3.05, 3.63) is 203 Å². The summed E-state index contributed by atoms with van der Waals surface area (Å²) in [6.07, 6.45) is 5.41. The molecule has 0 N–H and O–H groups in total. The summed E-state index contributed by atoms with van der Waals surface area (Å²) < 4.78 is 2.08. The Bertz CT molecular complexity index is 2770. The molecule has 0 fully saturated rings. The summed E-state index contributed by atoms with van der Waals surface area (Å²) in [6, 6.07) is 60.1. The standard InChI is InChI=1S/C49H33NO/c51-49-42-24-22-39(34-16-8-3-9-17-34)28-43(42)45-30-41(38-21-11-19-36(27-38)33-14-6-2-7-15-33)31-46-44-29-40(23-25-47(44)50(49)48(45)46)37-20-10-18-35(26-37)32-12-4-1-5-13-32/h1-24,26-31,47H,25H2. The number of aromatic nitrogens is 1. The third-order valence-corrected chi connectivity index (χ3v) is 10.7. The van der Waals surface area contributed by atoms with E-state index in [9.17, 15) is 4.79 Å². The molecule has 51 heavy (non-hydrogen) atoms. The van der Waals surface area contributed by atoms with Gasteiger partial charge in [0.1, 0.15) is 0 Å². The maximum atomic E-state index is 14.5. The molecule has 2 heteroatoms. The molecule has 0 bridgehead atoms. The van der Waals surface area contributed by atoms with E-state index >= 15 is 0 Å². The lowest BCUT2D eigenvalue weighted by atomic mass is 9.87. The molecule has 2 aliphatic rings. The largest absolute Gasteiger partial charge is 0.299 e. The second-order valence-corrected chi connectivity index (χ2v) is 13.6. The number of pyridine rings is 1. The van der Waals surface area contributed by atoms with E-state index in [2.05, 4.69) is 174 Å². The van der Waals surface area contributed by atoms with Crippen LogP contribution in [0.2, 0.25) is 0 Å². The molecule has 1 atom stereocenters. The van der Waals surface area contributed by atoms with Crippen molar-refractivity contribution < 1.29 is 0 Å². The summed E-state index contributed by atoms with van der Waals surface area (Å²) in [4.78, 5) is 14.5. The predicted molar refractivity (Wildman–Crippen MR) is 214 cm³/mol. The van der Waals surface area contributed by atoms with Crippen molar-refractivity contribution in [1.29, 1.82) is 0 Å². The summed E-state index contributed by atoms with van der Waals surface area (Å²) in [5.74, 6) is 0. The van der Waals surface area contributed by atoms with Crippen LogP contribution in [0.25, 0.3) is 77.3 Å². The smallest absolute Gasteiger partial charge is 0.259 e. The number of hydrogen-bond donors (Lipinski definition) is 0. The summed E-state index contributed by atoms with van der Waals surface area (Å²) in [5, 5.41) is 2.87. The summed E-state index contributed by atoms with van der Waals surface area (Å²) in [6.45, 7) is 0. The van der Waals surface area contributed by atoms with E-state index in [0.29, 0.717) is 0 Å². The van der Waals surface area contributed by atoms with Gasteiger partial charge >= 0.3 is 0 Å². The first-order chi connectivity index (χ1) is 25.2. The Morgan fingerprint density at radius 2 is 0.941 bits per heavy atom. The lowest BCUT2D eigenvalue weighted by Crippen LogP contribution is -2.23. The third kappa shape index (κ3) is 4.91. The van der Waals surface area contributed by atoms with Gasteiger partial charge in [0.25, 0.3) is 5.56 Å². The quantitative estimate of drug-likeness (QED) is 0.170. The van der Waals surface area contributed by atoms with E-state index in [1.807, 2.05) is 12.1 Å². The van der Waals surface area contributed by atoms with Gasteiger partial charge in [-0.2, -0.15) is 0 Å². The Morgan fingerprint density at radius 1 is 0.431 bits per heavy atom. The third-order valence-electron chi connectivity index (χ3n) is 10.7. The van der Waals surface area contributed by atoms with Crippen molar-refractivity contribution >= 4 is 32.8 Å². The summed E-state index contributed by atoms with van der Waals surface area (Å²) in [5.41, 5.74) is 15.2. The minimum Gasteiger partial charge on any atom is -0.299 e. The van der Waals surface area contributed by atoms with Gasteiger partial charge in [0, 0.05) is 16.3 Å². The molecular formula is C49H33NO. The molecule has 0 radical (unpaired) electrons. The lowest BCUT2D eigenvalue weighted by molar-refractivity contribution is 0.647. The molecule has 240 valence electrons. The molecule has 0 saturated heterocycles. The van der Waals surface area contributed by atoms with Gasteiger partial charge in [0.05, 0.1) is 11.6 Å². The molecule has 0 saturated carbocycles. The molecule has 7 aromatic carbocycles. The Kier molecular flexibility index (Phi) is 6.82. The van der Waals surface area contributed by atoms with Gasteiger partial charge in [-0.05, 0) is 115 Å². The molecule has 10 rings (SSSR count). The zero-order valence-corrected chi connectivity index (χ0v) is 28.0. The number of hydrogen-bond acceptors (Lipinski definition) is 1. The van der Waals surface area contributed by atoms with Crippen LogP contribution in [0.3, 0.4) is 0 Å². The van der Waals surface area contributed by atoms with Gasteiger partial charge in [-0.1, -0.05) is 140 Å². The second kappa shape index (κ2) is 11.8. The highest BCUT2D eigenvalue weighted by Gasteiger charge is 2.33. The van der Waals surface area contributed by atoms with Crippen LogP contribution < -0.4 is 5.56 Å². The van der Waals surface area contributed by atoms with Crippen molar-refractivity contribution in [2.45, 2.75) is 12.5 Å². The first-order valence-electron chi connectivity index (χ1n) is 17.6. The summed E-state index contributed by atoms with van der Waals surface area (Å²) >= 11 is 0. The topological polar surface area (TPSA) is 22.0 Å². The minimum absolute atomic E-state index is 0.0554. The van der Waals surface area contributed by atoms with Crippen LogP contribution in [0, 0.1) is 0 Å². The predicted octanol–water partition coefficient (Wildman–Crippen LogP) is 12.2. The molecule has 8 aromatic rings. The van der Waals surface area contributed by atoms with Gasteiger partial charge in [-0.25, -0.2) is 0 Å². The fraction of sp³-hybridized carbons (Fsp3) is 0.0408. The average Bonchev–Trinajstić information content (AvgIpc) is 3.55. The first-order valence-corrected chi connectivity index (χ1v) is 17.6. The van der Waals surface area contributed by atoms with E-state index in [0.717, 1.165) is 55.9 Å². The molecule has 1 aromatic heterocycles. The Balaban J connectivity index is 1.20. The minimum atomic E-state index is -0.0554. The van der Waals surface area contributed by atoms with Crippen molar-refractivity contribution in [2.24, 2.45) is 0 Å². The molecule has 2 nitrogen and oxygen atoms in total. The van der Waals surface area contributed by atoms with Gasteiger partial charge in [0.15, 0.2) is 0 Å². The van der Waals surface area contributed by atoms with Crippen LogP contribution in [0.4, 0.5) is 0 Å². The fourth-order valence-corrected chi connectivity index (χ4v) is 8.19. The zero-order chi connectivity index (χ0) is 33.9. The van der Waals surface area contributed by atoms with Gasteiger partial charge < -0.3 is 0 Å². The molecular weight excluding hydrogens is 619 g/mol. The second-order valence-electron chi connectivity index (χ2n) is 13.6. The van der Waals surface area contributed by atoms with Gasteiger partial charge in [0.2, 0.25) is 0 Å². The van der Waals surface area contributed by atoms with Crippen molar-refractivity contribution in [3.63, 3.8) is 0 Å². The number of benzene rings is 7. The highest BCUT2D eigenvalue weighted by Crippen LogP contribution is 2.49. The van der Waals surface area contributed by atoms with E-state index in [4.69, 9.17) is 0 Å². The maximum Gasteiger partial charge on any atom is 0.259 e. The normalized spacial score (nSPS) is 14.7. The zero-order valence-electron chi connectivity index (χ0n) is 28.0. The SMILES string of the molecule is O=c1c2ccc(-c3ccccc3)cc2c2cc(-c3cccc(-c4ccccc4)c3)cc3c2n1C1CC=C(c2cccc(-c4ccccc4)c2)C=C31. The van der Waals surface area contributed by atoms with Crippen molar-refractivity contribution in [3.8, 4) is 44.5 Å². The van der Waals surface area contributed by atoms with Crippen LogP contribution in [-0.2, 0) is 0 Å². The monoisotopic (exact) mass is 651 g/mol. The summed E-state index contributed by atoms with van der Waals surface area (Å²) in [7, 11) is 0. The van der Waals surface area contributed by atoms with Crippen molar-refractivity contribution in [2.75, 3.05) is 0 Å². The molecule has 1 unspecified atom stereocenters. The molecule has 2 heterocycles. The number of rotatable bonds is 5. The highest BCUT2D eigenvalue weighted by atomic mass is 16.1. The van der Waals surface area contributed by atoms with Crippen LogP contribution in [-0.4, -0.2) is 4.57 Å². The van der Waals surface area contributed by atoms with E-state index < -0.39 is 0 Å². The maximum absolute atomic E-state index is 14.5. The average molecular weight is 652 g/mol. The van der Waals surface area contributed by atoms with Gasteiger partial charge in [-0.15, -0.1) is 0 Å². The fourth-order valence-electron chi connectivity index (χ4n) is 8.19. The molecule has 1 aliphatic heterocycles. The molecule has 1 aliphatic carbocycles. The van der Waals surface area contributed by atoms with E-state index in [1.54, 1.807) is 0 Å². The Hall–Kier alpha value is -6.51. The van der Waals surface area contributed by atoms with Crippen LogP contribution in [0.5, 0.6) is 0 Å². The lowest BCUT2D eigenvalue weighted by Gasteiger charge is -2.21. The Morgan fingerprint density at radius 3 is 1.57 bits per heavy atom. The van der Waals surface area contributed by atoms with E-state index in [1.165, 1.54) is 39.0 Å². The van der Waals surface area contributed by atoms with Crippen LogP contribution in [0.1, 0.15) is 23.6 Å². The number of nitrogens with zero attached hydrogens (tertiary/aromatic N) is 1. The number of allylic oxidation sites excluding steroid dienone is 4. The van der Waals surface area contributed by atoms with Crippen LogP contribution in [0.15, 0.2) is 187 Å². The van der Waals surface area contributed by atoms with E-state index in [-0.39, 0.29) is 11.6 Å². The Labute approximate surface area is 296 Å². The van der Waals surface area contributed by atoms with Gasteiger partial charge in [-0.3, -0.25) is 9.36 Å². The van der Waals surface area contributed by atoms with Crippen molar-refractivity contribution in [1.82, 2.24) is 4.57 Å². The highest BCUT2D eigenvalue weighted by molar-refractivity contribution is 6.14. The molecule has 0 amide bonds. The molecule has 0 spiro atoms. The first kappa shape index (κ1) is 29.4. The van der Waals surface area contributed by atoms with Crippen LogP contribution >= 0.6 is 0 Å².